The van der Waals surface area contributed by atoms with Crippen LogP contribution in [0.3, 0.4) is 0 Å². The summed E-state index contributed by atoms with van der Waals surface area (Å²) in [5.41, 5.74) is 5.30. The van der Waals surface area contributed by atoms with Crippen LogP contribution in [-0.4, -0.2) is 159 Å². The van der Waals surface area contributed by atoms with Gasteiger partial charge in [-0.05, 0) is 6.08 Å². The van der Waals surface area contributed by atoms with E-state index in [9.17, 15) is 38.4 Å². The predicted octanol–water partition coefficient (Wildman–Crippen LogP) is -5.28. The summed E-state index contributed by atoms with van der Waals surface area (Å²) >= 11 is 0. The summed E-state index contributed by atoms with van der Waals surface area (Å²) in [6.07, 6.45) is -10.9. The third-order valence-corrected chi connectivity index (χ3v) is 3.79. The molecule has 0 bridgehead atoms. The molecule has 0 amide bonds. The molecule has 0 aromatic heterocycles. The predicted molar refractivity (Wildman–Crippen MR) is 92.5 cm³/mol. The van der Waals surface area contributed by atoms with Crippen molar-refractivity contribution in [3.05, 3.63) is 11.8 Å². The maximum absolute atomic E-state index is 11.0. The average molecular weight is 463 g/mol. The molecule has 7 atom stereocenters. The van der Waals surface area contributed by atoms with Crippen LogP contribution in [-0.2, 0) is 33.6 Å². The number of aliphatic hydroxyl groups excluding tert-OH is 4. The van der Waals surface area contributed by atoms with Gasteiger partial charge in [0, 0.05) is 59.1 Å². The first kappa shape index (κ1) is 31.5. The van der Waals surface area contributed by atoms with Crippen LogP contribution in [0.5, 0.6) is 0 Å². The SMILES string of the molecule is N[C@@H](C=O)[C@@H](O)[C@H](O[C@@H]1OC(C(=O)O)=C[C@H](O)[C@H]1O)[C@H](O)COS(=O)(=O)O.[Na].[Na]. The molecule has 0 unspecified atom stereocenters. The van der Waals surface area contributed by atoms with Gasteiger partial charge in [-0.2, -0.15) is 8.42 Å². The Hall–Kier alpha value is 0.310. The van der Waals surface area contributed by atoms with E-state index in [2.05, 4.69) is 4.18 Å². The van der Waals surface area contributed by atoms with Gasteiger partial charge >= 0.3 is 16.4 Å². The monoisotopic (exact) mass is 463 g/mol. The molecule has 29 heavy (non-hydrogen) atoms. The molecule has 0 saturated heterocycles. The minimum atomic E-state index is -4.98. The first-order valence-corrected chi connectivity index (χ1v) is 8.56. The summed E-state index contributed by atoms with van der Waals surface area (Å²) in [7, 11) is -4.98. The van der Waals surface area contributed by atoms with Crippen molar-refractivity contribution in [1.82, 2.24) is 0 Å². The zero-order valence-corrected chi connectivity index (χ0v) is 20.2. The van der Waals surface area contributed by atoms with E-state index in [1.54, 1.807) is 0 Å². The van der Waals surface area contributed by atoms with E-state index in [1.807, 2.05) is 0 Å². The van der Waals surface area contributed by atoms with Crippen LogP contribution in [0.1, 0.15) is 0 Å². The van der Waals surface area contributed by atoms with E-state index in [0.717, 1.165) is 0 Å². The number of carboxylic acids is 1. The number of ether oxygens (including phenoxy) is 2. The number of carboxylic acid groups (broad SMARTS) is 1. The summed E-state index contributed by atoms with van der Waals surface area (Å²) in [6.45, 7) is -1.17. The molecule has 1 aliphatic rings. The van der Waals surface area contributed by atoms with Gasteiger partial charge in [-0.25, -0.2) is 8.98 Å². The van der Waals surface area contributed by atoms with Crippen LogP contribution < -0.4 is 5.73 Å². The van der Waals surface area contributed by atoms with Gasteiger partial charge in [0.1, 0.15) is 36.8 Å². The standard InChI is InChI=1S/C12H19NO13S.2Na/c13-4(2-14)8(17)10(6(16)3-24-27(21,22)23)26-12-9(18)5(15)1-7(25-12)11(19)20;;/h1-2,4-6,8-10,12,15-18H,3,13H2,(H,19,20)(H,21,22,23);;/t4-,5-,6+,8+,9+,10+,12-;;/m0../s1. The maximum atomic E-state index is 11.0. The zero-order valence-electron chi connectivity index (χ0n) is 15.4. The minimum absolute atomic E-state index is 0. The number of aldehydes is 1. The summed E-state index contributed by atoms with van der Waals surface area (Å²) in [4.78, 5) is 21.7. The smallest absolute Gasteiger partial charge is 0.397 e. The van der Waals surface area contributed by atoms with E-state index in [4.69, 9.17) is 24.9 Å². The summed E-state index contributed by atoms with van der Waals surface area (Å²) in [6, 6.07) is -1.66. The third kappa shape index (κ3) is 9.98. The van der Waals surface area contributed by atoms with Gasteiger partial charge in [0.15, 0.2) is 0 Å². The molecule has 0 aromatic rings. The fourth-order valence-corrected chi connectivity index (χ4v) is 2.29. The number of hydrogen-bond acceptors (Lipinski definition) is 12. The van der Waals surface area contributed by atoms with Crippen molar-refractivity contribution in [2.45, 2.75) is 42.9 Å². The Kier molecular flexibility index (Phi) is 14.8. The quantitative estimate of drug-likeness (QED) is 0.0909. The largest absolute Gasteiger partial charge is 0.475 e. The Morgan fingerprint density at radius 2 is 1.86 bits per heavy atom. The zero-order chi connectivity index (χ0) is 20.9. The van der Waals surface area contributed by atoms with Gasteiger partial charge in [-0.15, -0.1) is 0 Å². The molecule has 0 fully saturated rings. The first-order valence-electron chi connectivity index (χ1n) is 7.19. The first-order chi connectivity index (χ1) is 12.4. The van der Waals surface area contributed by atoms with E-state index >= 15 is 0 Å². The Morgan fingerprint density at radius 3 is 2.31 bits per heavy atom. The second kappa shape index (κ2) is 13.7. The molecule has 1 rings (SSSR count). The van der Waals surface area contributed by atoms with E-state index < -0.39 is 71.6 Å². The second-order valence-corrected chi connectivity index (χ2v) is 6.48. The van der Waals surface area contributed by atoms with Crippen molar-refractivity contribution in [3.63, 3.8) is 0 Å². The molecule has 0 saturated carbocycles. The van der Waals surface area contributed by atoms with Crippen molar-refractivity contribution in [2.75, 3.05) is 6.61 Å². The van der Waals surface area contributed by atoms with Gasteiger partial charge in [-0.1, -0.05) is 0 Å². The minimum Gasteiger partial charge on any atom is -0.475 e. The molecular formula is C12H19NNa2O13S. The van der Waals surface area contributed by atoms with Crippen LogP contribution >= 0.6 is 0 Å². The fourth-order valence-electron chi connectivity index (χ4n) is 1.98. The van der Waals surface area contributed by atoms with E-state index in [-0.39, 0.29) is 65.4 Å². The number of rotatable bonds is 10. The van der Waals surface area contributed by atoms with Gasteiger partial charge in [0.25, 0.3) is 0 Å². The van der Waals surface area contributed by atoms with Crippen molar-refractivity contribution < 1.29 is 61.7 Å². The molecular weight excluding hydrogens is 444 g/mol. The van der Waals surface area contributed by atoms with Crippen LogP contribution in [0.4, 0.5) is 0 Å². The third-order valence-electron chi connectivity index (χ3n) is 3.35. The number of hydrogen-bond donors (Lipinski definition) is 7. The molecule has 0 aromatic carbocycles. The van der Waals surface area contributed by atoms with Gasteiger partial charge in [0.2, 0.25) is 12.0 Å². The second-order valence-electron chi connectivity index (χ2n) is 5.39. The molecule has 14 nitrogen and oxygen atoms in total. The molecule has 8 N–H and O–H groups in total. The van der Waals surface area contributed by atoms with Gasteiger partial charge in [-0.3, -0.25) is 4.55 Å². The fraction of sp³-hybridized carbons (Fsp3) is 0.667. The Bertz CT molecular complexity index is 675. The van der Waals surface area contributed by atoms with Crippen LogP contribution in [0.2, 0.25) is 0 Å². The number of aliphatic hydroxyl groups is 4. The molecule has 2 radical (unpaired) electrons. The Balaban J connectivity index is 0. The van der Waals surface area contributed by atoms with Gasteiger partial charge < -0.3 is 45.5 Å². The summed E-state index contributed by atoms with van der Waals surface area (Å²) in [5, 5.41) is 48.3. The topological polar surface area (TPSA) is 243 Å². The van der Waals surface area contributed by atoms with Crippen molar-refractivity contribution in [3.8, 4) is 0 Å². The summed E-state index contributed by atoms with van der Waals surface area (Å²) in [5.74, 6) is -2.46. The molecule has 1 aliphatic heterocycles. The van der Waals surface area contributed by atoms with Crippen molar-refractivity contribution >= 4 is 81.8 Å². The summed E-state index contributed by atoms with van der Waals surface area (Å²) < 4.78 is 43.5. The maximum Gasteiger partial charge on any atom is 0.397 e. The number of nitrogens with two attached hydrogens (primary N) is 1. The number of carbonyl (C=O) groups is 2. The molecule has 0 spiro atoms. The molecule has 158 valence electrons. The number of aliphatic carboxylic acids is 1. The van der Waals surface area contributed by atoms with Crippen molar-refractivity contribution in [1.29, 1.82) is 0 Å². The normalized spacial score (nSPS) is 25.7. The average Bonchev–Trinajstić information content (AvgIpc) is 2.58. The van der Waals surface area contributed by atoms with E-state index in [0.29, 0.717) is 6.08 Å². The Morgan fingerprint density at radius 1 is 1.31 bits per heavy atom. The van der Waals surface area contributed by atoms with Crippen LogP contribution in [0.15, 0.2) is 11.8 Å². The molecule has 17 heteroatoms. The van der Waals surface area contributed by atoms with E-state index in [1.165, 1.54) is 0 Å². The van der Waals surface area contributed by atoms with Crippen LogP contribution in [0, 0.1) is 0 Å². The molecule has 0 aliphatic carbocycles. The van der Waals surface area contributed by atoms with Gasteiger partial charge in [0.05, 0.1) is 12.6 Å². The number of carbonyl (C=O) groups excluding carboxylic acids is 1. The van der Waals surface area contributed by atoms with Crippen LogP contribution in [0.25, 0.3) is 0 Å². The van der Waals surface area contributed by atoms with Crippen molar-refractivity contribution in [2.24, 2.45) is 5.73 Å². The Labute approximate surface area is 209 Å². The molecule has 1 heterocycles.